The Morgan fingerprint density at radius 2 is 1.86 bits per heavy atom. The van der Waals surface area contributed by atoms with E-state index in [9.17, 15) is 0 Å². The Labute approximate surface area is 133 Å². The third kappa shape index (κ3) is 3.28. The molecule has 0 amide bonds. The second kappa shape index (κ2) is 7.16. The van der Waals surface area contributed by atoms with Crippen LogP contribution in [0.2, 0.25) is 0 Å². The molecule has 1 aliphatic heterocycles. The summed E-state index contributed by atoms with van der Waals surface area (Å²) >= 11 is 0. The van der Waals surface area contributed by atoms with Crippen LogP contribution in [0.3, 0.4) is 0 Å². The molecular weight excluding hydrogens is 276 g/mol. The number of benzene rings is 1. The molecule has 0 radical (unpaired) electrons. The highest BCUT2D eigenvalue weighted by molar-refractivity contribution is 5.69. The van der Waals surface area contributed by atoms with E-state index in [-0.39, 0.29) is 0 Å². The van der Waals surface area contributed by atoms with Crippen LogP contribution in [0.15, 0.2) is 24.3 Å². The molecule has 1 unspecified atom stereocenters. The van der Waals surface area contributed by atoms with Crippen molar-refractivity contribution < 1.29 is 9.47 Å². The summed E-state index contributed by atoms with van der Waals surface area (Å²) in [6.45, 7) is 4.62. The molecule has 3 rings (SSSR count). The van der Waals surface area contributed by atoms with Gasteiger partial charge in [-0.05, 0) is 42.5 Å². The molecule has 1 aliphatic carbocycles. The van der Waals surface area contributed by atoms with Crippen molar-refractivity contribution in [3.63, 3.8) is 0 Å². The van der Waals surface area contributed by atoms with Crippen LogP contribution < -0.4 is 14.8 Å². The van der Waals surface area contributed by atoms with E-state index >= 15 is 0 Å². The summed E-state index contributed by atoms with van der Waals surface area (Å²) in [5, 5.41) is 3.43. The van der Waals surface area contributed by atoms with Crippen molar-refractivity contribution in [3.05, 3.63) is 29.8 Å². The first-order valence-corrected chi connectivity index (χ1v) is 8.18. The Bertz CT molecular complexity index is 536. The molecule has 1 saturated heterocycles. The fourth-order valence-electron chi connectivity index (χ4n) is 3.50. The minimum Gasteiger partial charge on any atom is -0.493 e. The summed E-state index contributed by atoms with van der Waals surface area (Å²) in [5.41, 5.74) is 2.70. The van der Waals surface area contributed by atoms with E-state index in [0.717, 1.165) is 37.4 Å². The normalized spacial score (nSPS) is 23.0. The van der Waals surface area contributed by atoms with Gasteiger partial charge in [-0.1, -0.05) is 12.1 Å². The lowest BCUT2D eigenvalue weighted by Crippen LogP contribution is -2.48. The van der Waals surface area contributed by atoms with E-state index in [1.165, 1.54) is 30.6 Å². The summed E-state index contributed by atoms with van der Waals surface area (Å²) < 4.78 is 10.7. The maximum absolute atomic E-state index is 5.42. The fraction of sp³-hybridized carbons (Fsp3) is 0.556. The lowest BCUT2D eigenvalue weighted by atomic mass is 9.89. The summed E-state index contributed by atoms with van der Waals surface area (Å²) in [7, 11) is 3.37. The number of allylic oxidation sites excluding steroid dienone is 1. The standard InChI is InChI=1S/C18H26N2O2/c1-21-17-8-5-15(13-18(17)22-2)14-3-6-16(7-4-14)20-11-9-19-10-12-20/h3,5,8,13,16,19H,4,6-7,9-12H2,1-2H3. The zero-order chi connectivity index (χ0) is 15.4. The van der Waals surface area contributed by atoms with E-state index < -0.39 is 0 Å². The Morgan fingerprint density at radius 3 is 2.50 bits per heavy atom. The van der Waals surface area contributed by atoms with E-state index in [2.05, 4.69) is 28.4 Å². The predicted molar refractivity (Wildman–Crippen MR) is 89.6 cm³/mol. The van der Waals surface area contributed by atoms with Gasteiger partial charge in [0.25, 0.3) is 0 Å². The van der Waals surface area contributed by atoms with Gasteiger partial charge in [0.15, 0.2) is 11.5 Å². The van der Waals surface area contributed by atoms with Gasteiger partial charge in [0.2, 0.25) is 0 Å². The lowest BCUT2D eigenvalue weighted by molar-refractivity contribution is 0.164. The van der Waals surface area contributed by atoms with Gasteiger partial charge in [-0.15, -0.1) is 0 Å². The number of rotatable bonds is 4. The van der Waals surface area contributed by atoms with Gasteiger partial charge < -0.3 is 14.8 Å². The molecule has 22 heavy (non-hydrogen) atoms. The van der Waals surface area contributed by atoms with Crippen molar-refractivity contribution in [2.75, 3.05) is 40.4 Å². The van der Waals surface area contributed by atoms with Gasteiger partial charge in [-0.2, -0.15) is 0 Å². The molecule has 0 spiro atoms. The highest BCUT2D eigenvalue weighted by Crippen LogP contribution is 2.34. The maximum atomic E-state index is 5.42. The monoisotopic (exact) mass is 302 g/mol. The van der Waals surface area contributed by atoms with E-state index in [4.69, 9.17) is 9.47 Å². The third-order valence-electron chi connectivity index (χ3n) is 4.81. The minimum absolute atomic E-state index is 0.714. The molecular formula is C18H26N2O2. The largest absolute Gasteiger partial charge is 0.493 e. The zero-order valence-electron chi connectivity index (χ0n) is 13.6. The number of nitrogens with one attached hydrogen (secondary N) is 1. The molecule has 1 aromatic carbocycles. The molecule has 0 aromatic heterocycles. The van der Waals surface area contributed by atoms with Crippen LogP contribution in [-0.4, -0.2) is 51.3 Å². The molecule has 1 atom stereocenters. The Kier molecular flexibility index (Phi) is 5.01. The van der Waals surface area contributed by atoms with Crippen LogP contribution in [0.5, 0.6) is 11.5 Å². The third-order valence-corrected chi connectivity index (χ3v) is 4.81. The average molecular weight is 302 g/mol. The van der Waals surface area contributed by atoms with Gasteiger partial charge in [-0.25, -0.2) is 0 Å². The molecule has 4 heteroatoms. The number of ether oxygens (including phenoxy) is 2. The topological polar surface area (TPSA) is 33.7 Å². The number of hydrogen-bond acceptors (Lipinski definition) is 4. The first-order valence-electron chi connectivity index (χ1n) is 8.18. The van der Waals surface area contributed by atoms with Crippen molar-refractivity contribution in [1.29, 1.82) is 0 Å². The Balaban J connectivity index is 1.70. The second-order valence-corrected chi connectivity index (χ2v) is 6.01. The molecule has 0 bridgehead atoms. The molecule has 0 saturated carbocycles. The molecule has 1 aromatic rings. The van der Waals surface area contributed by atoms with Crippen LogP contribution in [-0.2, 0) is 0 Å². The van der Waals surface area contributed by atoms with Crippen molar-refractivity contribution in [3.8, 4) is 11.5 Å². The van der Waals surface area contributed by atoms with Crippen LogP contribution in [0.1, 0.15) is 24.8 Å². The van der Waals surface area contributed by atoms with Crippen molar-refractivity contribution in [2.24, 2.45) is 0 Å². The first-order chi connectivity index (χ1) is 10.8. The van der Waals surface area contributed by atoms with Crippen molar-refractivity contribution >= 4 is 5.57 Å². The Hall–Kier alpha value is -1.52. The first kappa shape index (κ1) is 15.4. The summed E-state index contributed by atoms with van der Waals surface area (Å²) in [6.07, 6.45) is 5.96. The van der Waals surface area contributed by atoms with Gasteiger partial charge in [-0.3, -0.25) is 4.90 Å². The van der Waals surface area contributed by atoms with Crippen LogP contribution >= 0.6 is 0 Å². The highest BCUT2D eigenvalue weighted by Gasteiger charge is 2.23. The van der Waals surface area contributed by atoms with E-state index in [1.807, 2.05) is 6.07 Å². The minimum atomic E-state index is 0.714. The maximum Gasteiger partial charge on any atom is 0.161 e. The number of methoxy groups -OCH3 is 2. The van der Waals surface area contributed by atoms with Gasteiger partial charge in [0.05, 0.1) is 14.2 Å². The summed E-state index contributed by atoms with van der Waals surface area (Å²) in [4.78, 5) is 2.64. The number of hydrogen-bond donors (Lipinski definition) is 1. The molecule has 1 fully saturated rings. The quantitative estimate of drug-likeness (QED) is 0.927. The smallest absolute Gasteiger partial charge is 0.161 e. The second-order valence-electron chi connectivity index (χ2n) is 6.01. The summed E-state index contributed by atoms with van der Waals surface area (Å²) in [5.74, 6) is 1.60. The Morgan fingerprint density at radius 1 is 1.09 bits per heavy atom. The molecule has 1 heterocycles. The van der Waals surface area contributed by atoms with E-state index in [1.54, 1.807) is 14.2 Å². The number of nitrogens with zero attached hydrogens (tertiary/aromatic N) is 1. The molecule has 2 aliphatic rings. The molecule has 1 N–H and O–H groups in total. The van der Waals surface area contributed by atoms with Crippen molar-refractivity contribution in [1.82, 2.24) is 10.2 Å². The molecule has 4 nitrogen and oxygen atoms in total. The van der Waals surface area contributed by atoms with Gasteiger partial charge >= 0.3 is 0 Å². The average Bonchev–Trinajstić information content (AvgIpc) is 2.62. The molecule has 120 valence electrons. The lowest BCUT2D eigenvalue weighted by Gasteiger charge is -2.36. The highest BCUT2D eigenvalue weighted by atomic mass is 16.5. The zero-order valence-corrected chi connectivity index (χ0v) is 13.6. The SMILES string of the molecule is COc1ccc(C2=CCC(N3CCNCC3)CC2)cc1OC. The summed E-state index contributed by atoms with van der Waals surface area (Å²) in [6, 6.07) is 6.94. The predicted octanol–water partition coefficient (Wildman–Crippen LogP) is 2.54. The van der Waals surface area contributed by atoms with Gasteiger partial charge in [0.1, 0.15) is 0 Å². The van der Waals surface area contributed by atoms with E-state index in [0.29, 0.717) is 6.04 Å². The van der Waals surface area contributed by atoms with Crippen LogP contribution in [0.4, 0.5) is 0 Å². The number of piperazine rings is 1. The van der Waals surface area contributed by atoms with Gasteiger partial charge in [0, 0.05) is 32.2 Å². The van der Waals surface area contributed by atoms with Crippen molar-refractivity contribution in [2.45, 2.75) is 25.3 Å². The fourth-order valence-corrected chi connectivity index (χ4v) is 3.50. The van der Waals surface area contributed by atoms with Crippen LogP contribution in [0, 0.1) is 0 Å². The van der Waals surface area contributed by atoms with Crippen LogP contribution in [0.25, 0.3) is 5.57 Å².